The summed E-state index contributed by atoms with van der Waals surface area (Å²) in [7, 11) is 0. The predicted octanol–water partition coefficient (Wildman–Crippen LogP) is 2.02. The second-order valence-electron chi connectivity index (χ2n) is 6.41. The van der Waals surface area contributed by atoms with Crippen LogP contribution in [0.25, 0.3) is 11.4 Å². The van der Waals surface area contributed by atoms with Crippen LogP contribution in [-0.2, 0) is 6.54 Å². The highest BCUT2D eigenvalue weighted by Crippen LogP contribution is 2.27. The molecule has 2 aromatic carbocycles. The number of H-pyrrole nitrogens is 1. The molecule has 0 aliphatic heterocycles. The van der Waals surface area contributed by atoms with Crippen molar-refractivity contribution in [2.24, 2.45) is 0 Å². The molecule has 9 heteroatoms. The van der Waals surface area contributed by atoms with E-state index in [0.717, 1.165) is 22.9 Å². The van der Waals surface area contributed by atoms with Gasteiger partial charge in [0.1, 0.15) is 0 Å². The second kappa shape index (κ2) is 7.80. The monoisotopic (exact) mass is 406 g/mol. The van der Waals surface area contributed by atoms with Gasteiger partial charge >= 0.3 is 5.69 Å². The maximum atomic E-state index is 12.8. The minimum Gasteiger partial charge on any atom is -0.335 e. The van der Waals surface area contributed by atoms with Crippen LogP contribution in [0.4, 0.5) is 0 Å². The molecule has 0 saturated carbocycles. The van der Waals surface area contributed by atoms with Gasteiger partial charge in [-0.2, -0.15) is 0 Å². The van der Waals surface area contributed by atoms with Crippen molar-refractivity contribution in [3.8, 4) is 11.4 Å². The van der Waals surface area contributed by atoms with E-state index in [1.54, 1.807) is 6.92 Å². The lowest BCUT2D eigenvalue weighted by atomic mass is 10.2. The zero-order valence-electron chi connectivity index (χ0n) is 15.6. The lowest BCUT2D eigenvalue weighted by molar-refractivity contribution is 0.671. The summed E-state index contributed by atoms with van der Waals surface area (Å²) in [6, 6.07) is 18.8. The molecule has 146 valence electrons. The summed E-state index contributed by atoms with van der Waals surface area (Å²) in [5, 5.41) is 8.98. The van der Waals surface area contributed by atoms with Gasteiger partial charge in [0.05, 0.1) is 11.6 Å². The number of nitrogen functional groups attached to an aromatic ring is 1. The Bertz CT molecular complexity index is 1260. The summed E-state index contributed by atoms with van der Waals surface area (Å²) in [5.41, 5.74) is 1.26. The molecule has 0 saturated heterocycles. The van der Waals surface area contributed by atoms with Gasteiger partial charge in [0, 0.05) is 11.1 Å². The van der Waals surface area contributed by atoms with Crippen molar-refractivity contribution < 1.29 is 0 Å². The zero-order chi connectivity index (χ0) is 20.4. The van der Waals surface area contributed by atoms with Crippen LogP contribution in [0, 0.1) is 6.92 Å². The first kappa shape index (κ1) is 18.8. The van der Waals surface area contributed by atoms with E-state index in [2.05, 4.69) is 15.2 Å². The number of nitrogens with zero attached hydrogens (tertiary/aromatic N) is 4. The summed E-state index contributed by atoms with van der Waals surface area (Å²) in [5.74, 6) is 6.63. The standard InChI is InChI=1S/C20H18N6O2S/c1-13-17(22-19(28)25(18(13)27)12-14-8-4-2-5-9-14)29-20-24-23-16(26(20)21)15-10-6-3-7-11-15/h2-11H,12,21H2,1H3,(H,22,28). The highest BCUT2D eigenvalue weighted by atomic mass is 32.2. The van der Waals surface area contributed by atoms with Crippen molar-refractivity contribution in [1.82, 2.24) is 24.4 Å². The average molecular weight is 406 g/mol. The number of hydrogen-bond acceptors (Lipinski definition) is 6. The van der Waals surface area contributed by atoms with E-state index in [9.17, 15) is 9.59 Å². The fourth-order valence-corrected chi connectivity index (χ4v) is 3.71. The van der Waals surface area contributed by atoms with Crippen LogP contribution in [-0.4, -0.2) is 24.4 Å². The van der Waals surface area contributed by atoms with Crippen molar-refractivity contribution >= 4 is 11.8 Å². The minimum absolute atomic E-state index is 0.200. The SMILES string of the molecule is Cc1c(Sc2nnc(-c3ccccc3)n2N)[nH]c(=O)n(Cc2ccccc2)c1=O. The lowest BCUT2D eigenvalue weighted by Crippen LogP contribution is -2.37. The first-order valence-corrected chi connectivity index (χ1v) is 9.67. The van der Waals surface area contributed by atoms with Crippen LogP contribution in [0.3, 0.4) is 0 Å². The predicted molar refractivity (Wildman–Crippen MR) is 111 cm³/mol. The molecule has 0 aliphatic carbocycles. The molecule has 0 aliphatic rings. The molecule has 0 bridgehead atoms. The van der Waals surface area contributed by atoms with Gasteiger partial charge in [-0.3, -0.25) is 9.36 Å². The molecular weight excluding hydrogens is 388 g/mol. The van der Waals surface area contributed by atoms with Crippen molar-refractivity contribution in [2.45, 2.75) is 23.7 Å². The van der Waals surface area contributed by atoms with Gasteiger partial charge in [-0.1, -0.05) is 60.7 Å². The first-order valence-electron chi connectivity index (χ1n) is 8.86. The van der Waals surface area contributed by atoms with E-state index < -0.39 is 5.69 Å². The minimum atomic E-state index is -0.488. The molecule has 3 N–H and O–H groups in total. The van der Waals surface area contributed by atoms with Crippen LogP contribution in [0.5, 0.6) is 0 Å². The fourth-order valence-electron chi connectivity index (χ4n) is 2.88. The number of aromatic nitrogens is 5. The third-order valence-electron chi connectivity index (χ3n) is 4.45. The summed E-state index contributed by atoms with van der Waals surface area (Å²) >= 11 is 1.10. The Morgan fingerprint density at radius 3 is 2.34 bits per heavy atom. The summed E-state index contributed by atoms with van der Waals surface area (Å²) < 4.78 is 2.52. The second-order valence-corrected chi connectivity index (χ2v) is 7.38. The summed E-state index contributed by atoms with van der Waals surface area (Å²) in [6.07, 6.45) is 0. The lowest BCUT2D eigenvalue weighted by Gasteiger charge is -2.09. The molecule has 2 aromatic heterocycles. The Kier molecular flexibility index (Phi) is 5.05. The fraction of sp³-hybridized carbons (Fsp3) is 0.100. The van der Waals surface area contributed by atoms with Gasteiger partial charge in [-0.15, -0.1) is 10.2 Å². The van der Waals surface area contributed by atoms with Crippen LogP contribution in [0.15, 0.2) is 80.4 Å². The van der Waals surface area contributed by atoms with Gasteiger partial charge in [0.15, 0.2) is 5.82 Å². The molecule has 4 aromatic rings. The van der Waals surface area contributed by atoms with E-state index in [0.29, 0.717) is 21.6 Å². The van der Waals surface area contributed by atoms with Crippen molar-refractivity contribution in [2.75, 3.05) is 5.84 Å². The molecule has 0 amide bonds. The van der Waals surface area contributed by atoms with E-state index in [1.165, 1.54) is 9.24 Å². The average Bonchev–Trinajstić information content (AvgIpc) is 3.11. The van der Waals surface area contributed by atoms with Gasteiger partial charge in [0.25, 0.3) is 5.56 Å². The molecule has 8 nitrogen and oxygen atoms in total. The largest absolute Gasteiger partial charge is 0.335 e. The van der Waals surface area contributed by atoms with Crippen LogP contribution < -0.4 is 17.1 Å². The number of aromatic amines is 1. The number of benzene rings is 2. The summed E-state index contributed by atoms with van der Waals surface area (Å²) in [6.45, 7) is 1.86. The number of hydrogen-bond donors (Lipinski definition) is 2. The highest BCUT2D eigenvalue weighted by molar-refractivity contribution is 7.99. The molecule has 2 heterocycles. The van der Waals surface area contributed by atoms with Crippen LogP contribution >= 0.6 is 11.8 Å². The molecule has 0 radical (unpaired) electrons. The molecule has 0 fully saturated rings. The Morgan fingerprint density at radius 2 is 1.66 bits per heavy atom. The van der Waals surface area contributed by atoms with Gasteiger partial charge in [0.2, 0.25) is 5.16 Å². The smallest absolute Gasteiger partial charge is 0.329 e. The van der Waals surface area contributed by atoms with Crippen molar-refractivity contribution in [3.63, 3.8) is 0 Å². The Labute approximate surface area is 170 Å². The van der Waals surface area contributed by atoms with Gasteiger partial charge in [-0.05, 0) is 24.2 Å². The molecule has 29 heavy (non-hydrogen) atoms. The summed E-state index contributed by atoms with van der Waals surface area (Å²) in [4.78, 5) is 28.1. The number of rotatable bonds is 5. The quantitative estimate of drug-likeness (QED) is 0.387. The van der Waals surface area contributed by atoms with E-state index in [1.807, 2.05) is 60.7 Å². The van der Waals surface area contributed by atoms with Gasteiger partial charge < -0.3 is 10.8 Å². The van der Waals surface area contributed by atoms with Gasteiger partial charge in [-0.25, -0.2) is 9.47 Å². The molecule has 0 spiro atoms. The first-order chi connectivity index (χ1) is 14.0. The number of nitrogens with two attached hydrogens (primary N) is 1. The Balaban J connectivity index is 1.66. The molecule has 0 atom stereocenters. The third kappa shape index (κ3) is 3.72. The Morgan fingerprint density at radius 1 is 1.00 bits per heavy atom. The maximum Gasteiger partial charge on any atom is 0.329 e. The molecule has 4 rings (SSSR count). The van der Waals surface area contributed by atoms with E-state index in [-0.39, 0.29) is 12.1 Å². The van der Waals surface area contributed by atoms with Crippen molar-refractivity contribution in [1.29, 1.82) is 0 Å². The topological polar surface area (TPSA) is 112 Å². The highest BCUT2D eigenvalue weighted by Gasteiger charge is 2.17. The van der Waals surface area contributed by atoms with E-state index >= 15 is 0 Å². The number of nitrogens with one attached hydrogen (secondary N) is 1. The molecular formula is C20H18N6O2S. The van der Waals surface area contributed by atoms with Crippen molar-refractivity contribution in [3.05, 3.63) is 92.6 Å². The van der Waals surface area contributed by atoms with E-state index in [4.69, 9.17) is 5.84 Å². The normalized spacial score (nSPS) is 10.9. The molecule has 0 unspecified atom stereocenters. The van der Waals surface area contributed by atoms with Crippen LogP contribution in [0.1, 0.15) is 11.1 Å². The third-order valence-corrected chi connectivity index (χ3v) is 5.52. The maximum absolute atomic E-state index is 12.8. The Hall–Kier alpha value is -3.59. The van der Waals surface area contributed by atoms with Crippen LogP contribution in [0.2, 0.25) is 0 Å². The zero-order valence-corrected chi connectivity index (χ0v) is 16.4.